The number of thioether (sulfide) groups is 1. The molecule has 0 spiro atoms. The third-order valence-corrected chi connectivity index (χ3v) is 4.22. The number of hydrogen-bond acceptors (Lipinski definition) is 7. The van der Waals surface area contributed by atoms with Crippen LogP contribution in [0.15, 0.2) is 46.0 Å². The van der Waals surface area contributed by atoms with Crippen LogP contribution in [0.1, 0.15) is 10.6 Å². The summed E-state index contributed by atoms with van der Waals surface area (Å²) in [4.78, 5) is 21.9. The molecule has 3 N–H and O–H groups in total. The highest BCUT2D eigenvalue weighted by molar-refractivity contribution is 7.98. The van der Waals surface area contributed by atoms with Crippen molar-refractivity contribution in [1.29, 1.82) is 0 Å². The fourth-order valence-electron chi connectivity index (χ4n) is 2.29. The lowest BCUT2D eigenvalue weighted by Crippen LogP contribution is -2.25. The van der Waals surface area contributed by atoms with E-state index in [4.69, 9.17) is 14.4 Å². The lowest BCUT2D eigenvalue weighted by Gasteiger charge is -2.09. The maximum Gasteiger partial charge on any atom is 0.312 e. The average molecular weight is 377 g/mol. The molecule has 0 aliphatic heterocycles. The number of anilines is 2. The van der Waals surface area contributed by atoms with Gasteiger partial charge in [0.05, 0.1) is 24.3 Å². The highest BCUT2D eigenvalue weighted by Crippen LogP contribution is 2.34. The van der Waals surface area contributed by atoms with E-state index in [9.17, 15) is 9.18 Å². The third kappa shape index (κ3) is 3.79. The molecule has 0 aliphatic rings. The molecule has 2 aromatic heterocycles. The molecule has 0 fully saturated rings. The van der Waals surface area contributed by atoms with Gasteiger partial charge in [0.25, 0.3) is 0 Å². The topological polar surface area (TPSA) is 96.6 Å². The summed E-state index contributed by atoms with van der Waals surface area (Å²) in [6.45, 7) is -0.316. The zero-order valence-electron chi connectivity index (χ0n) is 13.8. The van der Waals surface area contributed by atoms with Gasteiger partial charge < -0.3 is 14.8 Å². The standard InChI is InChI=1S/C17H16FN3O4S/c1-26-10-2-3-13(12(18)8-10)20-15-11-9-19-5-4-14(11)25-16(15)17(23)21-24-7-6-22/h2-5,8-9,20,22H,6-7H2,1H3,(H,21,23). The minimum absolute atomic E-state index is 0.0684. The highest BCUT2D eigenvalue weighted by atomic mass is 32.2. The molecular formula is C17H16FN3O4S. The van der Waals surface area contributed by atoms with E-state index < -0.39 is 11.7 Å². The van der Waals surface area contributed by atoms with Gasteiger partial charge in [-0.05, 0) is 30.5 Å². The van der Waals surface area contributed by atoms with E-state index in [1.807, 2.05) is 6.26 Å². The highest BCUT2D eigenvalue weighted by Gasteiger charge is 2.22. The zero-order chi connectivity index (χ0) is 18.5. The molecule has 1 aromatic carbocycles. The Morgan fingerprint density at radius 3 is 3.00 bits per heavy atom. The van der Waals surface area contributed by atoms with Crippen molar-refractivity contribution in [3.05, 3.63) is 48.2 Å². The van der Waals surface area contributed by atoms with Crippen molar-refractivity contribution < 1.29 is 23.5 Å². The van der Waals surface area contributed by atoms with Crippen LogP contribution in [-0.2, 0) is 4.84 Å². The largest absolute Gasteiger partial charge is 0.448 e. The van der Waals surface area contributed by atoms with Crippen LogP contribution in [0.25, 0.3) is 11.0 Å². The number of aromatic nitrogens is 1. The zero-order valence-corrected chi connectivity index (χ0v) is 14.6. The van der Waals surface area contributed by atoms with Gasteiger partial charge in [0.2, 0.25) is 5.76 Å². The molecule has 1 amide bonds. The number of aliphatic hydroxyl groups excluding tert-OH is 1. The Kier molecular flexibility index (Phi) is 5.71. The molecule has 0 bridgehead atoms. The smallest absolute Gasteiger partial charge is 0.312 e. The fraction of sp³-hybridized carbons (Fsp3) is 0.176. The van der Waals surface area contributed by atoms with Crippen LogP contribution < -0.4 is 10.8 Å². The van der Waals surface area contributed by atoms with Crippen LogP contribution in [0.3, 0.4) is 0 Å². The molecule has 136 valence electrons. The van der Waals surface area contributed by atoms with E-state index >= 15 is 0 Å². The number of carbonyl (C=O) groups is 1. The Hall–Kier alpha value is -2.62. The summed E-state index contributed by atoms with van der Waals surface area (Å²) < 4.78 is 19.9. The maximum absolute atomic E-state index is 14.3. The number of hydroxylamine groups is 1. The van der Waals surface area contributed by atoms with Crippen LogP contribution in [0.5, 0.6) is 0 Å². The molecule has 0 atom stereocenters. The van der Waals surface area contributed by atoms with Crippen molar-refractivity contribution in [2.75, 3.05) is 24.8 Å². The van der Waals surface area contributed by atoms with Gasteiger partial charge in [-0.15, -0.1) is 11.8 Å². The second kappa shape index (κ2) is 8.17. The molecule has 2 heterocycles. The Morgan fingerprint density at radius 1 is 1.42 bits per heavy atom. The summed E-state index contributed by atoms with van der Waals surface area (Å²) in [6.07, 6.45) is 4.89. The average Bonchev–Trinajstić information content (AvgIpc) is 3.02. The van der Waals surface area contributed by atoms with Crippen molar-refractivity contribution >= 4 is 40.0 Å². The number of furan rings is 1. The van der Waals surface area contributed by atoms with Crippen molar-refractivity contribution in [2.45, 2.75) is 4.90 Å². The molecule has 9 heteroatoms. The van der Waals surface area contributed by atoms with Crippen LogP contribution in [-0.4, -0.2) is 35.5 Å². The van der Waals surface area contributed by atoms with Gasteiger partial charge in [-0.2, -0.15) is 0 Å². The first-order valence-corrected chi connectivity index (χ1v) is 8.86. The number of carbonyl (C=O) groups excluding carboxylic acids is 1. The first-order chi connectivity index (χ1) is 12.6. The first kappa shape index (κ1) is 18.2. The number of nitrogens with one attached hydrogen (secondary N) is 2. The predicted molar refractivity (Wildman–Crippen MR) is 96.0 cm³/mol. The van der Waals surface area contributed by atoms with Crippen molar-refractivity contribution in [1.82, 2.24) is 10.5 Å². The molecule has 3 rings (SSSR count). The first-order valence-electron chi connectivity index (χ1n) is 7.64. The molecule has 7 nitrogen and oxygen atoms in total. The van der Waals surface area contributed by atoms with Gasteiger partial charge >= 0.3 is 5.91 Å². The van der Waals surface area contributed by atoms with Crippen molar-refractivity contribution in [3.8, 4) is 0 Å². The van der Waals surface area contributed by atoms with Gasteiger partial charge in [0, 0.05) is 17.3 Å². The third-order valence-electron chi connectivity index (χ3n) is 3.49. The van der Waals surface area contributed by atoms with E-state index in [1.165, 1.54) is 30.2 Å². The number of benzene rings is 1. The predicted octanol–water partition coefficient (Wildman–Crippen LogP) is 3.09. The van der Waals surface area contributed by atoms with E-state index in [0.717, 1.165) is 4.90 Å². The Morgan fingerprint density at radius 2 is 2.27 bits per heavy atom. The van der Waals surface area contributed by atoms with Gasteiger partial charge in [0.15, 0.2) is 0 Å². The lowest BCUT2D eigenvalue weighted by atomic mass is 10.2. The summed E-state index contributed by atoms with van der Waals surface area (Å²) in [5, 5.41) is 12.1. The van der Waals surface area contributed by atoms with Crippen LogP contribution >= 0.6 is 11.8 Å². The molecule has 0 saturated carbocycles. The number of rotatable bonds is 7. The minimum atomic E-state index is -0.668. The number of amides is 1. The number of aliphatic hydroxyl groups is 1. The van der Waals surface area contributed by atoms with Gasteiger partial charge in [-0.1, -0.05) is 0 Å². The fourth-order valence-corrected chi connectivity index (χ4v) is 2.72. The Balaban J connectivity index is 1.98. The van der Waals surface area contributed by atoms with Crippen molar-refractivity contribution in [2.24, 2.45) is 0 Å². The second-order valence-electron chi connectivity index (χ2n) is 5.15. The molecule has 0 unspecified atom stereocenters. The molecule has 0 saturated heterocycles. The number of pyridine rings is 1. The molecule has 26 heavy (non-hydrogen) atoms. The summed E-state index contributed by atoms with van der Waals surface area (Å²) in [7, 11) is 0. The van der Waals surface area contributed by atoms with Crippen LogP contribution in [0, 0.1) is 5.82 Å². The normalized spacial score (nSPS) is 10.9. The lowest BCUT2D eigenvalue weighted by molar-refractivity contribution is 0.0152. The Labute approximate surface area is 152 Å². The van der Waals surface area contributed by atoms with E-state index in [0.29, 0.717) is 11.0 Å². The van der Waals surface area contributed by atoms with Gasteiger partial charge in [-0.3, -0.25) is 14.6 Å². The molecular weight excluding hydrogens is 361 g/mol. The summed E-state index contributed by atoms with van der Waals surface area (Å²) >= 11 is 1.42. The quantitative estimate of drug-likeness (QED) is 0.331. The summed E-state index contributed by atoms with van der Waals surface area (Å²) in [6, 6.07) is 6.34. The summed E-state index contributed by atoms with van der Waals surface area (Å²) in [5.41, 5.74) is 3.05. The molecule has 3 aromatic rings. The summed E-state index contributed by atoms with van der Waals surface area (Å²) in [5.74, 6) is -1.21. The van der Waals surface area contributed by atoms with E-state index in [-0.39, 0.29) is 30.3 Å². The maximum atomic E-state index is 14.3. The SMILES string of the molecule is CSc1ccc(Nc2c(C(=O)NOCCO)oc3ccncc23)c(F)c1. The van der Waals surface area contributed by atoms with Crippen LogP contribution in [0.2, 0.25) is 0 Å². The molecule has 0 aliphatic carbocycles. The van der Waals surface area contributed by atoms with E-state index in [1.54, 1.807) is 18.2 Å². The second-order valence-corrected chi connectivity index (χ2v) is 6.03. The van der Waals surface area contributed by atoms with E-state index in [2.05, 4.69) is 15.8 Å². The monoisotopic (exact) mass is 377 g/mol. The van der Waals surface area contributed by atoms with Gasteiger partial charge in [0.1, 0.15) is 17.1 Å². The Bertz CT molecular complexity index is 932. The minimum Gasteiger partial charge on any atom is -0.448 e. The number of nitrogens with zero attached hydrogens (tertiary/aromatic N) is 1. The van der Waals surface area contributed by atoms with Gasteiger partial charge in [-0.25, -0.2) is 9.87 Å². The number of hydrogen-bond donors (Lipinski definition) is 3. The molecule has 0 radical (unpaired) electrons. The van der Waals surface area contributed by atoms with Crippen molar-refractivity contribution in [3.63, 3.8) is 0 Å². The van der Waals surface area contributed by atoms with Crippen LogP contribution in [0.4, 0.5) is 15.8 Å². The number of halogens is 1. The number of fused-ring (bicyclic) bond motifs is 1.